The molecule has 1 aromatic rings. The second-order valence-corrected chi connectivity index (χ2v) is 5.39. The van der Waals surface area contributed by atoms with Crippen LogP contribution in [0.3, 0.4) is 0 Å². The van der Waals surface area contributed by atoms with Crippen LogP contribution in [0, 0.1) is 5.92 Å². The minimum Gasteiger partial charge on any atom is -0.399 e. The molecular weight excluding hydrogens is 224 g/mol. The van der Waals surface area contributed by atoms with E-state index in [-0.39, 0.29) is 5.91 Å². The molecule has 1 unspecified atom stereocenters. The van der Waals surface area contributed by atoms with Gasteiger partial charge in [-0.1, -0.05) is 25.0 Å². The Morgan fingerprint density at radius 1 is 1.39 bits per heavy atom. The molecular formula is C15H22N2O. The Kier molecular flexibility index (Phi) is 4.24. The van der Waals surface area contributed by atoms with E-state index in [0.717, 1.165) is 30.0 Å². The van der Waals surface area contributed by atoms with Crippen molar-refractivity contribution in [2.75, 3.05) is 5.73 Å². The van der Waals surface area contributed by atoms with Gasteiger partial charge in [0.25, 0.3) is 0 Å². The third-order valence-electron chi connectivity index (χ3n) is 3.41. The summed E-state index contributed by atoms with van der Waals surface area (Å²) < 4.78 is 0. The van der Waals surface area contributed by atoms with Crippen LogP contribution in [0.2, 0.25) is 0 Å². The van der Waals surface area contributed by atoms with Crippen LogP contribution >= 0.6 is 0 Å². The number of anilines is 1. The second-order valence-electron chi connectivity index (χ2n) is 5.39. The molecule has 1 fully saturated rings. The van der Waals surface area contributed by atoms with Crippen LogP contribution in [-0.4, -0.2) is 11.9 Å². The van der Waals surface area contributed by atoms with Gasteiger partial charge in [0.15, 0.2) is 0 Å². The molecule has 18 heavy (non-hydrogen) atoms. The molecule has 0 radical (unpaired) electrons. The summed E-state index contributed by atoms with van der Waals surface area (Å²) in [6.07, 6.45) is 5.14. The first-order chi connectivity index (χ1) is 8.63. The molecule has 1 saturated carbocycles. The van der Waals surface area contributed by atoms with Crippen molar-refractivity contribution in [2.45, 2.75) is 45.1 Å². The van der Waals surface area contributed by atoms with Crippen molar-refractivity contribution in [3.63, 3.8) is 0 Å². The molecule has 1 amide bonds. The summed E-state index contributed by atoms with van der Waals surface area (Å²) in [7, 11) is 0. The minimum atomic E-state index is 0.153. The molecule has 3 heteroatoms. The van der Waals surface area contributed by atoms with Gasteiger partial charge in [0, 0.05) is 18.2 Å². The first kappa shape index (κ1) is 12.9. The molecule has 0 bridgehead atoms. The number of carbonyl (C=O) groups excluding carboxylic acids is 1. The second kappa shape index (κ2) is 5.89. The van der Waals surface area contributed by atoms with Crippen LogP contribution in [0.5, 0.6) is 0 Å². The van der Waals surface area contributed by atoms with Gasteiger partial charge in [-0.2, -0.15) is 0 Å². The number of nitrogens with one attached hydrogen (secondary N) is 1. The molecule has 0 aromatic heterocycles. The van der Waals surface area contributed by atoms with Crippen molar-refractivity contribution in [3.05, 3.63) is 29.8 Å². The fourth-order valence-corrected chi connectivity index (χ4v) is 2.20. The highest BCUT2D eigenvalue weighted by molar-refractivity contribution is 5.76. The Labute approximate surface area is 109 Å². The molecule has 0 saturated heterocycles. The number of hydrogen-bond acceptors (Lipinski definition) is 2. The standard InChI is InChI=1S/C15H22N2O/c1-11(10-13-2-3-13)17-15(18)9-6-12-4-7-14(16)8-5-12/h4-5,7-8,11,13H,2-3,6,9-10,16H2,1H3,(H,17,18). The number of nitrogens with two attached hydrogens (primary N) is 1. The van der Waals surface area contributed by atoms with Gasteiger partial charge >= 0.3 is 0 Å². The molecule has 98 valence electrons. The Balaban J connectivity index is 1.68. The van der Waals surface area contributed by atoms with Crippen molar-refractivity contribution in [2.24, 2.45) is 5.92 Å². The number of benzene rings is 1. The fourth-order valence-electron chi connectivity index (χ4n) is 2.20. The third-order valence-corrected chi connectivity index (χ3v) is 3.41. The van der Waals surface area contributed by atoms with Gasteiger partial charge in [0.1, 0.15) is 0 Å². The SMILES string of the molecule is CC(CC1CC1)NC(=O)CCc1ccc(N)cc1. The van der Waals surface area contributed by atoms with Crippen LogP contribution in [0.4, 0.5) is 5.69 Å². The highest BCUT2D eigenvalue weighted by atomic mass is 16.1. The first-order valence-corrected chi connectivity index (χ1v) is 6.77. The molecule has 2 rings (SSSR count). The monoisotopic (exact) mass is 246 g/mol. The average molecular weight is 246 g/mol. The molecule has 0 spiro atoms. The molecule has 1 aliphatic carbocycles. The number of aryl methyl sites for hydroxylation is 1. The number of nitrogen functional groups attached to an aromatic ring is 1. The fraction of sp³-hybridized carbons (Fsp3) is 0.533. The van der Waals surface area contributed by atoms with E-state index in [0.29, 0.717) is 12.5 Å². The number of carbonyl (C=O) groups is 1. The smallest absolute Gasteiger partial charge is 0.220 e. The molecule has 3 nitrogen and oxygen atoms in total. The number of rotatable bonds is 6. The summed E-state index contributed by atoms with van der Waals surface area (Å²) in [4.78, 5) is 11.8. The normalized spacial score (nSPS) is 16.3. The van der Waals surface area contributed by atoms with Gasteiger partial charge in [-0.3, -0.25) is 4.79 Å². The zero-order chi connectivity index (χ0) is 13.0. The van der Waals surface area contributed by atoms with E-state index < -0.39 is 0 Å². The highest BCUT2D eigenvalue weighted by Gasteiger charge is 2.23. The molecule has 1 aromatic carbocycles. The molecule has 3 N–H and O–H groups in total. The molecule has 0 aliphatic heterocycles. The van der Waals surface area contributed by atoms with E-state index in [9.17, 15) is 4.79 Å². The predicted octanol–water partition coefficient (Wildman–Crippen LogP) is 2.51. The topological polar surface area (TPSA) is 55.1 Å². The highest BCUT2D eigenvalue weighted by Crippen LogP contribution is 2.33. The molecule has 1 aliphatic rings. The van der Waals surface area contributed by atoms with E-state index in [1.165, 1.54) is 12.8 Å². The van der Waals surface area contributed by atoms with E-state index in [2.05, 4.69) is 12.2 Å². The van der Waals surface area contributed by atoms with Gasteiger partial charge < -0.3 is 11.1 Å². The average Bonchev–Trinajstić information content (AvgIpc) is 3.12. The minimum absolute atomic E-state index is 0.153. The van der Waals surface area contributed by atoms with Crippen LogP contribution in [0.1, 0.15) is 38.2 Å². The first-order valence-electron chi connectivity index (χ1n) is 6.77. The Hall–Kier alpha value is -1.51. The Morgan fingerprint density at radius 2 is 2.06 bits per heavy atom. The number of hydrogen-bond donors (Lipinski definition) is 2. The van der Waals surface area contributed by atoms with Gasteiger partial charge in [-0.25, -0.2) is 0 Å². The van der Waals surface area contributed by atoms with Crippen LogP contribution in [0.15, 0.2) is 24.3 Å². The maximum Gasteiger partial charge on any atom is 0.220 e. The van der Waals surface area contributed by atoms with Crippen LogP contribution in [-0.2, 0) is 11.2 Å². The van der Waals surface area contributed by atoms with Crippen molar-refractivity contribution >= 4 is 11.6 Å². The summed E-state index contributed by atoms with van der Waals surface area (Å²) in [6, 6.07) is 8.04. The van der Waals surface area contributed by atoms with E-state index in [1.54, 1.807) is 0 Å². The van der Waals surface area contributed by atoms with Crippen molar-refractivity contribution < 1.29 is 4.79 Å². The lowest BCUT2D eigenvalue weighted by molar-refractivity contribution is -0.121. The lowest BCUT2D eigenvalue weighted by Crippen LogP contribution is -2.32. The summed E-state index contributed by atoms with van der Waals surface area (Å²) >= 11 is 0. The Morgan fingerprint density at radius 3 is 2.67 bits per heavy atom. The van der Waals surface area contributed by atoms with Crippen LogP contribution < -0.4 is 11.1 Å². The van der Waals surface area contributed by atoms with Gasteiger partial charge in [0.2, 0.25) is 5.91 Å². The quantitative estimate of drug-likeness (QED) is 0.758. The lowest BCUT2D eigenvalue weighted by atomic mass is 10.1. The summed E-state index contributed by atoms with van der Waals surface area (Å²) in [5.41, 5.74) is 7.55. The largest absolute Gasteiger partial charge is 0.399 e. The Bertz CT molecular complexity index is 395. The maximum absolute atomic E-state index is 11.8. The summed E-state index contributed by atoms with van der Waals surface area (Å²) in [5.74, 6) is 1.01. The summed E-state index contributed by atoms with van der Waals surface area (Å²) in [6.45, 7) is 2.10. The van der Waals surface area contributed by atoms with Crippen molar-refractivity contribution in [1.82, 2.24) is 5.32 Å². The molecule has 0 heterocycles. The van der Waals surface area contributed by atoms with E-state index in [4.69, 9.17) is 5.73 Å². The third kappa shape index (κ3) is 4.40. The van der Waals surface area contributed by atoms with Crippen LogP contribution in [0.25, 0.3) is 0 Å². The van der Waals surface area contributed by atoms with Gasteiger partial charge in [-0.15, -0.1) is 0 Å². The summed E-state index contributed by atoms with van der Waals surface area (Å²) in [5, 5.41) is 3.07. The molecule has 1 atom stereocenters. The van der Waals surface area contributed by atoms with E-state index >= 15 is 0 Å². The number of amides is 1. The van der Waals surface area contributed by atoms with Crippen molar-refractivity contribution in [1.29, 1.82) is 0 Å². The maximum atomic E-state index is 11.8. The van der Waals surface area contributed by atoms with Gasteiger partial charge in [0.05, 0.1) is 0 Å². The zero-order valence-electron chi connectivity index (χ0n) is 11.0. The predicted molar refractivity (Wildman–Crippen MR) is 74.1 cm³/mol. The van der Waals surface area contributed by atoms with Crippen molar-refractivity contribution in [3.8, 4) is 0 Å². The zero-order valence-corrected chi connectivity index (χ0v) is 11.0. The van der Waals surface area contributed by atoms with Gasteiger partial charge in [-0.05, 0) is 43.4 Å². The lowest BCUT2D eigenvalue weighted by Gasteiger charge is -2.13. The van der Waals surface area contributed by atoms with E-state index in [1.807, 2.05) is 24.3 Å².